The van der Waals surface area contributed by atoms with Crippen molar-refractivity contribution in [3.63, 3.8) is 0 Å². The van der Waals surface area contributed by atoms with Crippen molar-refractivity contribution < 1.29 is 9.59 Å². The molecule has 3 aliphatic rings. The summed E-state index contributed by atoms with van der Waals surface area (Å²) in [5.74, 6) is 0.741. The fourth-order valence-electron chi connectivity index (χ4n) is 3.99. The van der Waals surface area contributed by atoms with Gasteiger partial charge in [-0.1, -0.05) is 17.7 Å². The molecule has 1 aliphatic heterocycles. The molecular formula is C21H24ClN7O2. The molecule has 3 heterocycles. The van der Waals surface area contributed by atoms with Crippen molar-refractivity contribution in [2.24, 2.45) is 0 Å². The molecule has 1 saturated carbocycles. The van der Waals surface area contributed by atoms with Crippen molar-refractivity contribution in [3.05, 3.63) is 46.7 Å². The van der Waals surface area contributed by atoms with Crippen LogP contribution in [0.2, 0.25) is 0 Å². The molecule has 9 nitrogen and oxygen atoms in total. The standard InChI is InChI=1S/C21H24ClN7O2/c1-27-18-10-17(14-4-5-14)25-29(18)9-8-16(21(27)31)24-20(30)19-23-12-28(26-19)11-13-2-6-15(22)7-3-13/h2,6,10,12,14,16H,3-5,7-9,11H2,1H3,(H,24,30)/t16-/m1/s1. The molecule has 0 radical (unpaired) electrons. The third-order valence-electron chi connectivity index (χ3n) is 5.97. The molecule has 0 spiro atoms. The number of carbonyl (C=O) groups is 2. The van der Waals surface area contributed by atoms with Crippen LogP contribution in [0, 0.1) is 0 Å². The molecule has 1 fully saturated rings. The summed E-state index contributed by atoms with van der Waals surface area (Å²) in [7, 11) is 1.72. The highest BCUT2D eigenvalue weighted by Crippen LogP contribution is 2.40. The van der Waals surface area contributed by atoms with E-state index in [2.05, 4.69) is 20.5 Å². The highest BCUT2D eigenvalue weighted by atomic mass is 35.5. The Morgan fingerprint density at radius 3 is 2.81 bits per heavy atom. The van der Waals surface area contributed by atoms with Crippen LogP contribution in [-0.4, -0.2) is 49.4 Å². The van der Waals surface area contributed by atoms with Gasteiger partial charge in [0, 0.05) is 30.6 Å². The van der Waals surface area contributed by atoms with E-state index in [0.717, 1.165) is 42.2 Å². The van der Waals surface area contributed by atoms with E-state index in [1.54, 1.807) is 16.6 Å². The first-order chi connectivity index (χ1) is 15.0. The summed E-state index contributed by atoms with van der Waals surface area (Å²) in [6, 6.07) is 1.34. The van der Waals surface area contributed by atoms with Crippen LogP contribution >= 0.6 is 11.6 Å². The quantitative estimate of drug-likeness (QED) is 0.768. The first kappa shape index (κ1) is 20.0. The first-order valence-electron chi connectivity index (χ1n) is 10.6. The third kappa shape index (κ3) is 4.14. The number of aryl methyl sites for hydroxylation is 1. The maximum absolute atomic E-state index is 13.0. The predicted molar refractivity (Wildman–Crippen MR) is 115 cm³/mol. The van der Waals surface area contributed by atoms with Crippen molar-refractivity contribution in [2.75, 3.05) is 11.9 Å². The second kappa shape index (κ2) is 7.96. The number of hydrogen-bond donors (Lipinski definition) is 1. The summed E-state index contributed by atoms with van der Waals surface area (Å²) in [5, 5.41) is 12.6. The van der Waals surface area contributed by atoms with Crippen molar-refractivity contribution in [1.82, 2.24) is 29.9 Å². The largest absolute Gasteiger partial charge is 0.337 e. The zero-order valence-corrected chi connectivity index (χ0v) is 18.0. The second-order valence-electron chi connectivity index (χ2n) is 8.34. The van der Waals surface area contributed by atoms with E-state index in [4.69, 9.17) is 11.6 Å². The van der Waals surface area contributed by atoms with Crippen LogP contribution in [0.15, 0.2) is 35.2 Å². The summed E-state index contributed by atoms with van der Waals surface area (Å²) < 4.78 is 3.49. The Hall–Kier alpha value is -2.94. The smallest absolute Gasteiger partial charge is 0.291 e. The molecule has 0 aromatic carbocycles. The zero-order valence-electron chi connectivity index (χ0n) is 17.3. The lowest BCUT2D eigenvalue weighted by Crippen LogP contribution is -2.47. The van der Waals surface area contributed by atoms with Gasteiger partial charge in [-0.05, 0) is 43.8 Å². The lowest BCUT2D eigenvalue weighted by Gasteiger charge is -2.19. The van der Waals surface area contributed by atoms with Gasteiger partial charge in [-0.3, -0.25) is 14.5 Å². The number of nitrogens with one attached hydrogen (secondary N) is 1. The Kier molecular flexibility index (Phi) is 5.13. The van der Waals surface area contributed by atoms with Crippen molar-refractivity contribution in [3.8, 4) is 0 Å². The molecule has 0 saturated heterocycles. The van der Waals surface area contributed by atoms with Gasteiger partial charge in [0.05, 0.1) is 12.2 Å². The maximum Gasteiger partial charge on any atom is 0.291 e. The summed E-state index contributed by atoms with van der Waals surface area (Å²) >= 11 is 6.00. The number of aromatic nitrogens is 5. The van der Waals surface area contributed by atoms with E-state index in [0.29, 0.717) is 25.4 Å². The summed E-state index contributed by atoms with van der Waals surface area (Å²) in [6.45, 7) is 1.12. The Morgan fingerprint density at radius 2 is 2.06 bits per heavy atom. The van der Waals surface area contributed by atoms with Crippen LogP contribution in [0.4, 0.5) is 5.82 Å². The highest BCUT2D eigenvalue weighted by molar-refractivity contribution is 6.29. The Bertz CT molecular complexity index is 1100. The molecule has 10 heteroatoms. The Morgan fingerprint density at radius 1 is 1.23 bits per heavy atom. The predicted octanol–water partition coefficient (Wildman–Crippen LogP) is 2.36. The Labute approximate surface area is 184 Å². The number of likely N-dealkylation sites (N-methyl/N-ethyl adjacent to an activating group) is 1. The van der Waals surface area contributed by atoms with Gasteiger partial charge in [-0.15, -0.1) is 5.10 Å². The van der Waals surface area contributed by atoms with E-state index in [1.807, 2.05) is 22.9 Å². The Balaban J connectivity index is 1.24. The molecule has 162 valence electrons. The van der Waals surface area contributed by atoms with Crippen LogP contribution < -0.4 is 10.2 Å². The van der Waals surface area contributed by atoms with Gasteiger partial charge < -0.3 is 5.32 Å². The molecule has 0 unspecified atom stereocenters. The number of anilines is 1. The second-order valence-corrected chi connectivity index (χ2v) is 8.83. The van der Waals surface area contributed by atoms with Gasteiger partial charge >= 0.3 is 0 Å². The molecule has 1 N–H and O–H groups in total. The normalized spacial score (nSPS) is 21.3. The highest BCUT2D eigenvalue weighted by Gasteiger charge is 2.34. The minimum absolute atomic E-state index is 0.0541. The van der Waals surface area contributed by atoms with E-state index < -0.39 is 11.9 Å². The van der Waals surface area contributed by atoms with E-state index in [-0.39, 0.29) is 11.7 Å². The summed E-state index contributed by atoms with van der Waals surface area (Å²) in [5.41, 5.74) is 2.22. The van der Waals surface area contributed by atoms with Crippen LogP contribution in [0.25, 0.3) is 0 Å². The number of rotatable bonds is 5. The van der Waals surface area contributed by atoms with Gasteiger partial charge in [-0.2, -0.15) is 5.10 Å². The molecule has 31 heavy (non-hydrogen) atoms. The molecular weight excluding hydrogens is 418 g/mol. The number of amides is 2. The zero-order chi connectivity index (χ0) is 21.5. The van der Waals surface area contributed by atoms with Gasteiger partial charge in [0.25, 0.3) is 11.8 Å². The minimum Gasteiger partial charge on any atom is -0.337 e. The van der Waals surface area contributed by atoms with Crippen molar-refractivity contribution in [2.45, 2.75) is 57.2 Å². The molecule has 2 aliphatic carbocycles. The molecule has 0 bridgehead atoms. The number of fused-ring (bicyclic) bond motifs is 1. The average molecular weight is 442 g/mol. The lowest BCUT2D eigenvalue weighted by molar-refractivity contribution is -0.120. The fourth-order valence-corrected chi connectivity index (χ4v) is 4.14. The van der Waals surface area contributed by atoms with Gasteiger partial charge in [0.15, 0.2) is 0 Å². The van der Waals surface area contributed by atoms with Gasteiger partial charge in [-0.25, -0.2) is 14.3 Å². The maximum atomic E-state index is 13.0. The average Bonchev–Trinajstić information content (AvgIpc) is 3.38. The number of halogens is 1. The van der Waals surface area contributed by atoms with Crippen molar-refractivity contribution in [1.29, 1.82) is 0 Å². The molecule has 1 atom stereocenters. The fraction of sp³-hybridized carbons (Fsp3) is 0.476. The van der Waals surface area contributed by atoms with Gasteiger partial charge in [0.2, 0.25) is 5.82 Å². The first-order valence-corrected chi connectivity index (χ1v) is 11.0. The molecule has 2 aromatic rings. The molecule has 2 aromatic heterocycles. The summed E-state index contributed by atoms with van der Waals surface area (Å²) in [6.07, 6.45) is 9.86. The number of allylic oxidation sites excluding steroid dienone is 4. The SMILES string of the molecule is CN1C(=O)[C@H](NC(=O)c2ncn(CC3=CC=C(Cl)CC3)n2)CCn2nc(C3CC3)cc21. The number of hydrogen-bond acceptors (Lipinski definition) is 5. The van der Waals surface area contributed by atoms with E-state index in [9.17, 15) is 9.59 Å². The van der Waals surface area contributed by atoms with Crippen LogP contribution in [0.5, 0.6) is 0 Å². The third-order valence-corrected chi connectivity index (χ3v) is 6.28. The van der Waals surface area contributed by atoms with E-state index >= 15 is 0 Å². The van der Waals surface area contributed by atoms with Gasteiger partial charge in [0.1, 0.15) is 18.2 Å². The monoisotopic (exact) mass is 441 g/mol. The van der Waals surface area contributed by atoms with E-state index in [1.165, 1.54) is 11.9 Å². The van der Waals surface area contributed by atoms with Crippen LogP contribution in [0.3, 0.4) is 0 Å². The molecule has 5 rings (SSSR count). The summed E-state index contributed by atoms with van der Waals surface area (Å²) in [4.78, 5) is 31.4. The lowest BCUT2D eigenvalue weighted by atomic mass is 10.1. The molecule has 2 amide bonds. The van der Waals surface area contributed by atoms with Crippen molar-refractivity contribution >= 4 is 29.2 Å². The number of carbonyl (C=O) groups excluding carboxylic acids is 2. The van der Waals surface area contributed by atoms with Crippen LogP contribution in [-0.2, 0) is 17.9 Å². The minimum atomic E-state index is -0.649. The number of nitrogens with zero attached hydrogens (tertiary/aromatic N) is 6. The topological polar surface area (TPSA) is 97.9 Å². The van der Waals surface area contributed by atoms with Crippen LogP contribution in [0.1, 0.15) is 54.3 Å².